The largest absolute Gasteiger partial charge is 0.396 e. The maximum absolute atomic E-state index is 12.2. The van der Waals surface area contributed by atoms with E-state index in [9.17, 15) is 20.1 Å². The minimum atomic E-state index is -1.38. The summed E-state index contributed by atoms with van der Waals surface area (Å²) in [6.07, 6.45) is 1.10. The zero-order valence-electron chi connectivity index (χ0n) is 17.5. The van der Waals surface area contributed by atoms with Gasteiger partial charge in [0, 0.05) is 19.6 Å². The number of nitrogens with one attached hydrogen (secondary N) is 1. The van der Waals surface area contributed by atoms with Crippen molar-refractivity contribution in [2.45, 2.75) is 63.6 Å². The highest BCUT2D eigenvalue weighted by Crippen LogP contribution is 2.33. The topological polar surface area (TPSA) is 169 Å². The average Bonchev–Trinajstić information content (AvgIpc) is 3.30. The van der Waals surface area contributed by atoms with E-state index in [4.69, 9.17) is 10.5 Å². The van der Waals surface area contributed by atoms with Gasteiger partial charge in [-0.15, -0.1) is 0 Å². The lowest BCUT2D eigenvalue weighted by Gasteiger charge is -2.26. The zero-order chi connectivity index (χ0) is 22.1. The molecule has 0 spiro atoms. The van der Waals surface area contributed by atoms with Gasteiger partial charge in [-0.1, -0.05) is 0 Å². The number of aliphatic hydroxyl groups is 3. The number of hydrogen-bond acceptors (Lipinski definition) is 9. The van der Waals surface area contributed by atoms with Gasteiger partial charge in [0.1, 0.15) is 23.5 Å². The summed E-state index contributed by atoms with van der Waals surface area (Å²) in [5, 5.41) is 32.8. The second-order valence-corrected chi connectivity index (χ2v) is 8.45. The summed E-state index contributed by atoms with van der Waals surface area (Å²) in [7, 11) is 0. The molecular formula is C20H30N6O5. The second-order valence-electron chi connectivity index (χ2n) is 8.45. The van der Waals surface area contributed by atoms with E-state index >= 15 is 0 Å². The van der Waals surface area contributed by atoms with Gasteiger partial charge in [-0.05, 0) is 44.4 Å². The maximum Gasteiger partial charge on any atom is 0.252 e. The van der Waals surface area contributed by atoms with E-state index in [0.717, 1.165) is 25.7 Å². The van der Waals surface area contributed by atoms with Crippen LogP contribution in [-0.2, 0) is 16.0 Å². The summed E-state index contributed by atoms with van der Waals surface area (Å²) < 4.78 is 7.19. The van der Waals surface area contributed by atoms with E-state index in [1.54, 1.807) is 6.92 Å². The smallest absolute Gasteiger partial charge is 0.252 e. The fraction of sp³-hybridized carbons (Fsp3) is 0.700. The van der Waals surface area contributed by atoms with Gasteiger partial charge >= 0.3 is 0 Å². The Hall–Kier alpha value is -2.34. The Balaban J connectivity index is 1.57. The first-order valence-corrected chi connectivity index (χ1v) is 10.8. The van der Waals surface area contributed by atoms with Crippen LogP contribution in [0.3, 0.4) is 0 Å². The highest BCUT2D eigenvalue weighted by molar-refractivity contribution is 5.83. The molecule has 11 nitrogen and oxygen atoms in total. The summed E-state index contributed by atoms with van der Waals surface area (Å²) in [5.74, 6) is 1.10. The van der Waals surface area contributed by atoms with Gasteiger partial charge in [-0.2, -0.15) is 0 Å². The molecule has 31 heavy (non-hydrogen) atoms. The first-order valence-electron chi connectivity index (χ1n) is 10.8. The third-order valence-corrected chi connectivity index (χ3v) is 6.31. The number of amides is 1. The Morgan fingerprint density at radius 3 is 2.61 bits per heavy atom. The number of aliphatic hydroxyl groups excluding tert-OH is 3. The van der Waals surface area contributed by atoms with Crippen LogP contribution in [0.5, 0.6) is 0 Å². The van der Waals surface area contributed by atoms with E-state index < -0.39 is 30.4 Å². The molecule has 3 heterocycles. The molecule has 1 aliphatic carbocycles. The molecule has 0 radical (unpaired) electrons. The van der Waals surface area contributed by atoms with E-state index in [1.165, 1.54) is 10.9 Å². The Morgan fingerprint density at radius 2 is 1.94 bits per heavy atom. The molecule has 2 aromatic heterocycles. The molecule has 1 saturated carbocycles. The number of ether oxygens (including phenoxy) is 1. The van der Waals surface area contributed by atoms with Crippen LogP contribution >= 0.6 is 0 Å². The van der Waals surface area contributed by atoms with Crippen molar-refractivity contribution in [3.8, 4) is 0 Å². The lowest BCUT2D eigenvalue weighted by molar-refractivity contribution is -0.137. The third-order valence-electron chi connectivity index (χ3n) is 6.31. The number of aromatic nitrogens is 4. The van der Waals surface area contributed by atoms with Crippen LogP contribution in [0.2, 0.25) is 0 Å². The number of anilines is 1. The lowest BCUT2D eigenvalue weighted by Crippen LogP contribution is -2.42. The molecule has 1 saturated heterocycles. The molecule has 0 bridgehead atoms. The number of nitrogen functional groups attached to an aromatic ring is 1. The SMILES string of the molecule is CCNC(=O)[C@H]1O[C@@H](n2cnc3c(N)nc(CC4CCC(CO)CC4)nc32)C(O)[C@H]1O. The van der Waals surface area contributed by atoms with Crippen LogP contribution in [0.15, 0.2) is 6.33 Å². The number of nitrogens with zero attached hydrogens (tertiary/aromatic N) is 4. The molecule has 2 aliphatic rings. The van der Waals surface area contributed by atoms with Gasteiger partial charge in [0.2, 0.25) is 0 Å². The van der Waals surface area contributed by atoms with E-state index in [1.807, 2.05) is 0 Å². The van der Waals surface area contributed by atoms with Crippen LogP contribution in [0.25, 0.3) is 11.2 Å². The quantitative estimate of drug-likeness (QED) is 0.402. The number of carbonyl (C=O) groups is 1. The highest BCUT2D eigenvalue weighted by atomic mass is 16.6. The van der Waals surface area contributed by atoms with Crippen molar-refractivity contribution < 1.29 is 24.9 Å². The Labute approximate surface area is 179 Å². The molecule has 11 heteroatoms. The first-order chi connectivity index (χ1) is 14.9. The fourth-order valence-electron chi connectivity index (χ4n) is 4.52. The summed E-state index contributed by atoms with van der Waals surface area (Å²) in [6, 6.07) is 0. The van der Waals surface area contributed by atoms with Crippen molar-refractivity contribution in [1.29, 1.82) is 0 Å². The van der Waals surface area contributed by atoms with Gasteiger partial charge in [-0.3, -0.25) is 9.36 Å². The predicted octanol–water partition coefficient (Wildman–Crippen LogP) is -0.495. The normalized spacial score (nSPS) is 31.2. The number of carbonyl (C=O) groups excluding carboxylic acids is 1. The predicted molar refractivity (Wildman–Crippen MR) is 111 cm³/mol. The lowest BCUT2D eigenvalue weighted by atomic mass is 9.81. The number of hydrogen-bond donors (Lipinski definition) is 5. The monoisotopic (exact) mass is 434 g/mol. The van der Waals surface area contributed by atoms with Gasteiger partial charge in [0.05, 0.1) is 6.33 Å². The maximum atomic E-state index is 12.2. The summed E-state index contributed by atoms with van der Waals surface area (Å²) in [6.45, 7) is 2.37. The van der Waals surface area contributed by atoms with E-state index in [0.29, 0.717) is 41.8 Å². The van der Waals surface area contributed by atoms with Crippen molar-refractivity contribution in [1.82, 2.24) is 24.8 Å². The Morgan fingerprint density at radius 1 is 1.23 bits per heavy atom. The fourth-order valence-corrected chi connectivity index (χ4v) is 4.52. The number of fused-ring (bicyclic) bond motifs is 1. The van der Waals surface area contributed by atoms with Crippen molar-refractivity contribution >= 4 is 22.9 Å². The molecule has 1 amide bonds. The highest BCUT2D eigenvalue weighted by Gasteiger charge is 2.47. The van der Waals surface area contributed by atoms with E-state index in [-0.39, 0.29) is 12.4 Å². The molecule has 170 valence electrons. The molecule has 2 aromatic rings. The van der Waals surface area contributed by atoms with Gasteiger partial charge in [0.25, 0.3) is 5.91 Å². The van der Waals surface area contributed by atoms with Gasteiger partial charge in [-0.25, -0.2) is 15.0 Å². The van der Waals surface area contributed by atoms with Crippen molar-refractivity contribution in [2.75, 3.05) is 18.9 Å². The molecule has 2 fully saturated rings. The minimum Gasteiger partial charge on any atom is -0.396 e. The Kier molecular flexibility index (Phi) is 6.37. The number of nitrogens with two attached hydrogens (primary N) is 1. The first kappa shape index (κ1) is 21.9. The minimum absolute atomic E-state index is 0.230. The Bertz CT molecular complexity index is 928. The average molecular weight is 434 g/mol. The second kappa shape index (κ2) is 9.03. The molecule has 4 atom stereocenters. The number of rotatable bonds is 6. The van der Waals surface area contributed by atoms with Crippen LogP contribution in [-0.4, -0.2) is 72.2 Å². The van der Waals surface area contributed by atoms with Crippen molar-refractivity contribution in [2.24, 2.45) is 11.8 Å². The molecule has 1 unspecified atom stereocenters. The molecule has 4 rings (SSSR count). The molecule has 1 aliphatic heterocycles. The van der Waals surface area contributed by atoms with Gasteiger partial charge in [0.15, 0.2) is 23.8 Å². The van der Waals surface area contributed by atoms with Crippen molar-refractivity contribution in [3.05, 3.63) is 12.2 Å². The summed E-state index contributed by atoms with van der Waals surface area (Å²) in [5.41, 5.74) is 6.88. The van der Waals surface area contributed by atoms with E-state index in [2.05, 4.69) is 20.3 Å². The number of imidazole rings is 1. The number of likely N-dealkylation sites (N-methyl/N-ethyl adjacent to an activating group) is 1. The van der Waals surface area contributed by atoms with Gasteiger partial charge < -0.3 is 31.1 Å². The molecule has 6 N–H and O–H groups in total. The standard InChI is InChI=1S/C20H30N6O5/c1-2-22-19(30)16-14(28)15(29)20(31-16)26-9-23-13-17(21)24-12(25-18(13)26)7-10-3-5-11(8-27)6-4-10/h9-11,14-16,20,27-29H,2-8H2,1H3,(H,22,30)(H2,21,24,25)/t10?,11?,14-,15?,16+,20-/m1/s1. The third kappa shape index (κ3) is 4.22. The molecular weight excluding hydrogens is 404 g/mol. The van der Waals surface area contributed by atoms with Crippen molar-refractivity contribution in [3.63, 3.8) is 0 Å². The van der Waals surface area contributed by atoms with Crippen LogP contribution in [0.1, 0.15) is 44.7 Å². The summed E-state index contributed by atoms with van der Waals surface area (Å²) in [4.78, 5) is 25.4. The van der Waals surface area contributed by atoms with Crippen LogP contribution in [0.4, 0.5) is 5.82 Å². The van der Waals surface area contributed by atoms with Crippen LogP contribution < -0.4 is 11.1 Å². The zero-order valence-corrected chi connectivity index (χ0v) is 17.5. The summed E-state index contributed by atoms with van der Waals surface area (Å²) >= 11 is 0. The molecule has 0 aromatic carbocycles. The van der Waals surface area contributed by atoms with Crippen LogP contribution in [0, 0.1) is 11.8 Å².